The number of carbonyl (C=O) groups excluding carboxylic acids is 1. The number of fused-ring (bicyclic) bond motifs is 1. The van der Waals surface area contributed by atoms with Gasteiger partial charge in [0.05, 0.1) is 11.4 Å². The van der Waals surface area contributed by atoms with Crippen molar-refractivity contribution in [2.45, 2.75) is 39.7 Å². The summed E-state index contributed by atoms with van der Waals surface area (Å²) in [4.78, 5) is 17.3. The monoisotopic (exact) mass is 454 g/mol. The summed E-state index contributed by atoms with van der Waals surface area (Å²) in [6.07, 6.45) is 2.59. The van der Waals surface area contributed by atoms with Crippen LogP contribution in [0.3, 0.4) is 0 Å². The smallest absolute Gasteiger partial charge is 0.257 e. The van der Waals surface area contributed by atoms with Gasteiger partial charge in [0.15, 0.2) is 11.5 Å². The van der Waals surface area contributed by atoms with E-state index >= 15 is 0 Å². The summed E-state index contributed by atoms with van der Waals surface area (Å²) in [5.41, 5.74) is 2.00. The van der Waals surface area contributed by atoms with Crippen LogP contribution in [0.1, 0.15) is 36.1 Å². The average molecular weight is 455 g/mol. The molecule has 0 aliphatic carbocycles. The lowest BCUT2D eigenvalue weighted by Crippen LogP contribution is -2.37. The van der Waals surface area contributed by atoms with Crippen LogP contribution >= 0.6 is 11.3 Å². The number of benzene rings is 1. The van der Waals surface area contributed by atoms with Gasteiger partial charge < -0.3 is 19.2 Å². The third-order valence-corrected chi connectivity index (χ3v) is 7.35. The molecule has 5 rings (SSSR count). The number of aryl methyl sites for hydroxylation is 2. The van der Waals surface area contributed by atoms with Crippen LogP contribution in [0.2, 0.25) is 0 Å². The van der Waals surface area contributed by atoms with Gasteiger partial charge in [-0.15, -0.1) is 21.5 Å². The normalized spacial score (nSPS) is 16.4. The van der Waals surface area contributed by atoms with Gasteiger partial charge in [0.25, 0.3) is 5.89 Å². The van der Waals surface area contributed by atoms with Crippen LogP contribution in [0.25, 0.3) is 10.8 Å². The number of likely N-dealkylation sites (tertiary alicyclic amines) is 1. The van der Waals surface area contributed by atoms with Gasteiger partial charge in [-0.2, -0.15) is 0 Å². The van der Waals surface area contributed by atoms with E-state index in [1.54, 1.807) is 17.4 Å². The zero-order chi connectivity index (χ0) is 22.1. The molecule has 1 fully saturated rings. The quantitative estimate of drug-likeness (QED) is 0.596. The fourth-order valence-electron chi connectivity index (χ4n) is 4.16. The van der Waals surface area contributed by atoms with Crippen molar-refractivity contribution >= 4 is 22.9 Å². The first-order chi connectivity index (χ1) is 15.6. The van der Waals surface area contributed by atoms with Crippen LogP contribution in [0, 0.1) is 12.8 Å². The highest BCUT2D eigenvalue weighted by Crippen LogP contribution is 2.35. The average Bonchev–Trinajstić information content (AvgIpc) is 3.53. The minimum absolute atomic E-state index is 0.0172. The number of nitrogens with zero attached hydrogens (tertiary/aromatic N) is 3. The van der Waals surface area contributed by atoms with Crippen molar-refractivity contribution in [2.24, 2.45) is 5.92 Å². The molecule has 32 heavy (non-hydrogen) atoms. The Bertz CT molecular complexity index is 1120. The third kappa shape index (κ3) is 4.35. The van der Waals surface area contributed by atoms with Gasteiger partial charge in [-0.1, -0.05) is 6.92 Å². The molecule has 9 heteroatoms. The number of hydrogen-bond donors (Lipinski definition) is 1. The first-order valence-corrected chi connectivity index (χ1v) is 11.8. The number of ether oxygens (including phenoxy) is 2. The Morgan fingerprint density at radius 2 is 2.00 bits per heavy atom. The summed E-state index contributed by atoms with van der Waals surface area (Å²) in [5.74, 6) is 2.61. The van der Waals surface area contributed by atoms with Crippen molar-refractivity contribution < 1.29 is 18.7 Å². The van der Waals surface area contributed by atoms with Crippen molar-refractivity contribution in [3.63, 3.8) is 0 Å². The Morgan fingerprint density at radius 3 is 2.78 bits per heavy atom. The first kappa shape index (κ1) is 21.0. The van der Waals surface area contributed by atoms with E-state index in [0.29, 0.717) is 29.8 Å². The zero-order valence-electron chi connectivity index (χ0n) is 18.2. The molecule has 2 aliphatic heterocycles. The largest absolute Gasteiger partial charge is 0.454 e. The minimum atomic E-state index is -0.0172. The molecule has 0 saturated carbocycles. The van der Waals surface area contributed by atoms with Crippen LogP contribution in [0.5, 0.6) is 11.5 Å². The van der Waals surface area contributed by atoms with Gasteiger partial charge in [0.1, 0.15) is 0 Å². The molecule has 1 amide bonds. The Morgan fingerprint density at radius 1 is 1.19 bits per heavy atom. The molecule has 0 spiro atoms. The Labute approximate surface area is 190 Å². The maximum absolute atomic E-state index is 12.7. The number of aromatic nitrogens is 2. The van der Waals surface area contributed by atoms with Gasteiger partial charge in [-0.3, -0.25) is 9.69 Å². The predicted molar refractivity (Wildman–Crippen MR) is 121 cm³/mol. The number of hydrogen-bond acceptors (Lipinski definition) is 8. The minimum Gasteiger partial charge on any atom is -0.454 e. The Kier molecular flexibility index (Phi) is 5.84. The number of nitrogens with one attached hydrogen (secondary N) is 1. The Balaban J connectivity index is 1.13. The fourth-order valence-corrected chi connectivity index (χ4v) is 5.19. The van der Waals surface area contributed by atoms with Crippen LogP contribution < -0.4 is 14.8 Å². The molecule has 0 radical (unpaired) electrons. The van der Waals surface area contributed by atoms with E-state index in [4.69, 9.17) is 13.9 Å². The molecule has 0 unspecified atom stereocenters. The second kappa shape index (κ2) is 8.91. The predicted octanol–water partition coefficient (Wildman–Crippen LogP) is 4.25. The molecule has 2 aromatic heterocycles. The van der Waals surface area contributed by atoms with E-state index in [1.165, 1.54) is 10.4 Å². The number of piperidine rings is 1. The molecule has 2 aliphatic rings. The fraction of sp³-hybridized carbons (Fsp3) is 0.435. The Hall–Kier alpha value is -2.91. The lowest BCUT2D eigenvalue weighted by molar-refractivity contribution is -0.121. The van der Waals surface area contributed by atoms with Crippen molar-refractivity contribution in [1.29, 1.82) is 0 Å². The standard InChI is InChI=1S/C23H26N4O4S/c1-3-19-14(2)10-20(32-19)23-26-25-21(31-23)12-27-8-6-15(7-9-27)22(28)24-16-4-5-17-18(11-16)30-13-29-17/h4-5,10-11,15H,3,6-9,12-13H2,1-2H3,(H,24,28). The summed E-state index contributed by atoms with van der Waals surface area (Å²) >= 11 is 1.71. The lowest BCUT2D eigenvalue weighted by Gasteiger charge is -2.30. The van der Waals surface area contributed by atoms with Gasteiger partial charge >= 0.3 is 0 Å². The SMILES string of the molecule is CCc1sc(-c2nnc(CN3CCC(C(=O)Nc4ccc5c(c4)OCO5)CC3)o2)cc1C. The topological polar surface area (TPSA) is 89.7 Å². The molecule has 0 atom stereocenters. The van der Waals surface area contributed by atoms with Crippen LogP contribution in [0.15, 0.2) is 28.7 Å². The molecule has 168 valence electrons. The van der Waals surface area contributed by atoms with Crippen molar-refractivity contribution in [1.82, 2.24) is 15.1 Å². The molecule has 0 bridgehead atoms. The van der Waals surface area contributed by atoms with Gasteiger partial charge in [0, 0.05) is 22.5 Å². The highest BCUT2D eigenvalue weighted by Gasteiger charge is 2.26. The maximum atomic E-state index is 12.7. The number of amides is 1. The summed E-state index contributed by atoms with van der Waals surface area (Å²) in [6, 6.07) is 7.58. The molecule has 1 aromatic carbocycles. The molecule has 1 saturated heterocycles. The summed E-state index contributed by atoms with van der Waals surface area (Å²) < 4.78 is 16.6. The van der Waals surface area contributed by atoms with E-state index in [2.05, 4.69) is 40.3 Å². The maximum Gasteiger partial charge on any atom is 0.257 e. The van der Waals surface area contributed by atoms with E-state index in [9.17, 15) is 4.79 Å². The molecule has 4 heterocycles. The van der Waals surface area contributed by atoms with Crippen LogP contribution in [-0.4, -0.2) is 40.9 Å². The highest BCUT2D eigenvalue weighted by atomic mass is 32.1. The van der Waals surface area contributed by atoms with Crippen molar-refractivity contribution in [2.75, 3.05) is 25.2 Å². The van der Waals surface area contributed by atoms with Gasteiger partial charge in [0.2, 0.25) is 18.6 Å². The summed E-state index contributed by atoms with van der Waals surface area (Å²) in [5, 5.41) is 11.5. The second-order valence-electron chi connectivity index (χ2n) is 8.18. The van der Waals surface area contributed by atoms with Crippen LogP contribution in [0.4, 0.5) is 5.69 Å². The summed E-state index contributed by atoms with van der Waals surface area (Å²) in [7, 11) is 0. The van der Waals surface area contributed by atoms with E-state index in [1.807, 2.05) is 12.1 Å². The third-order valence-electron chi connectivity index (χ3n) is 5.98. The van der Waals surface area contributed by atoms with E-state index < -0.39 is 0 Å². The molecule has 1 N–H and O–H groups in total. The molecular formula is C23H26N4O4S. The van der Waals surface area contributed by atoms with Gasteiger partial charge in [-0.05, 0) is 63.0 Å². The van der Waals surface area contributed by atoms with E-state index in [0.717, 1.165) is 42.9 Å². The highest BCUT2D eigenvalue weighted by molar-refractivity contribution is 7.15. The molecule has 8 nitrogen and oxygen atoms in total. The van der Waals surface area contributed by atoms with E-state index in [-0.39, 0.29) is 18.6 Å². The zero-order valence-corrected chi connectivity index (χ0v) is 19.0. The lowest BCUT2D eigenvalue weighted by atomic mass is 9.96. The first-order valence-electron chi connectivity index (χ1n) is 10.9. The van der Waals surface area contributed by atoms with Gasteiger partial charge in [-0.25, -0.2) is 0 Å². The molecule has 3 aromatic rings. The number of anilines is 1. The van der Waals surface area contributed by atoms with Crippen LogP contribution in [-0.2, 0) is 17.8 Å². The number of thiophene rings is 1. The number of carbonyl (C=O) groups is 1. The molecular weight excluding hydrogens is 428 g/mol. The van der Waals surface area contributed by atoms with Crippen molar-refractivity contribution in [3.05, 3.63) is 40.6 Å². The summed E-state index contributed by atoms with van der Waals surface area (Å²) in [6.45, 7) is 6.72. The second-order valence-corrected chi connectivity index (χ2v) is 9.32. The van der Waals surface area contributed by atoms with Crippen molar-refractivity contribution in [3.8, 4) is 22.3 Å². The number of rotatable bonds is 6.